The normalized spacial score (nSPS) is 14.8. The summed E-state index contributed by atoms with van der Waals surface area (Å²) in [6.45, 7) is 12.0. The van der Waals surface area contributed by atoms with Gasteiger partial charge < -0.3 is 14.6 Å². The predicted molar refractivity (Wildman–Crippen MR) is 75.9 cm³/mol. The first-order chi connectivity index (χ1) is 8.85. The summed E-state index contributed by atoms with van der Waals surface area (Å²) in [6.07, 6.45) is 3.72. The molecule has 0 fully saturated rings. The van der Waals surface area contributed by atoms with E-state index >= 15 is 0 Å². The van der Waals surface area contributed by atoms with Crippen molar-refractivity contribution in [3.05, 3.63) is 12.7 Å². The number of aliphatic hydroxyl groups excluding tert-OH is 1. The van der Waals surface area contributed by atoms with Crippen LogP contribution in [0.25, 0.3) is 0 Å². The standard InChI is InChI=1S/C15H28O4/c1-6-12-19-14(3,4)15(5,10-8-9-11-16)13(17)18-7-2/h6,16H,1,7-12H2,2-5H3. The lowest BCUT2D eigenvalue weighted by molar-refractivity contribution is -0.176. The van der Waals surface area contributed by atoms with Gasteiger partial charge in [-0.15, -0.1) is 6.58 Å². The van der Waals surface area contributed by atoms with Crippen molar-refractivity contribution in [2.45, 2.75) is 52.6 Å². The fourth-order valence-corrected chi connectivity index (χ4v) is 1.96. The minimum absolute atomic E-state index is 0.132. The van der Waals surface area contributed by atoms with Gasteiger partial charge >= 0.3 is 5.97 Å². The van der Waals surface area contributed by atoms with Gasteiger partial charge in [0.1, 0.15) is 0 Å². The highest BCUT2D eigenvalue weighted by Crippen LogP contribution is 2.40. The van der Waals surface area contributed by atoms with E-state index < -0.39 is 11.0 Å². The maximum absolute atomic E-state index is 12.3. The Balaban J connectivity index is 5.00. The van der Waals surface area contributed by atoms with Gasteiger partial charge in [-0.05, 0) is 47.0 Å². The van der Waals surface area contributed by atoms with E-state index in [1.807, 2.05) is 20.8 Å². The number of rotatable bonds is 10. The van der Waals surface area contributed by atoms with Crippen LogP contribution >= 0.6 is 0 Å². The van der Waals surface area contributed by atoms with Gasteiger partial charge in [0.25, 0.3) is 0 Å². The molecule has 0 radical (unpaired) electrons. The largest absolute Gasteiger partial charge is 0.465 e. The van der Waals surface area contributed by atoms with Gasteiger partial charge in [0.2, 0.25) is 0 Å². The number of unbranched alkanes of at least 4 members (excludes halogenated alkanes) is 1. The summed E-state index contributed by atoms with van der Waals surface area (Å²) in [7, 11) is 0. The van der Waals surface area contributed by atoms with E-state index in [0.717, 1.165) is 6.42 Å². The van der Waals surface area contributed by atoms with Crippen LogP contribution in [0.5, 0.6) is 0 Å². The molecule has 0 bridgehead atoms. The van der Waals surface area contributed by atoms with Crippen molar-refractivity contribution >= 4 is 5.97 Å². The Hall–Kier alpha value is -0.870. The summed E-state index contributed by atoms with van der Waals surface area (Å²) in [5, 5.41) is 8.89. The molecule has 0 aromatic heterocycles. The van der Waals surface area contributed by atoms with E-state index in [2.05, 4.69) is 6.58 Å². The van der Waals surface area contributed by atoms with Crippen molar-refractivity contribution in [3.63, 3.8) is 0 Å². The number of carbonyl (C=O) groups is 1. The Kier molecular flexibility index (Phi) is 7.95. The average molecular weight is 272 g/mol. The number of hydrogen-bond acceptors (Lipinski definition) is 4. The van der Waals surface area contributed by atoms with Crippen LogP contribution in [0.2, 0.25) is 0 Å². The molecular formula is C15H28O4. The highest BCUT2D eigenvalue weighted by atomic mass is 16.5. The Morgan fingerprint density at radius 3 is 2.42 bits per heavy atom. The molecule has 1 atom stereocenters. The quantitative estimate of drug-likeness (QED) is 0.377. The number of ether oxygens (including phenoxy) is 2. The van der Waals surface area contributed by atoms with Crippen molar-refractivity contribution in [1.29, 1.82) is 0 Å². The zero-order valence-corrected chi connectivity index (χ0v) is 12.7. The van der Waals surface area contributed by atoms with E-state index in [0.29, 0.717) is 26.1 Å². The first-order valence-electron chi connectivity index (χ1n) is 6.88. The zero-order valence-electron chi connectivity index (χ0n) is 12.7. The molecule has 0 spiro atoms. The van der Waals surface area contributed by atoms with Crippen molar-refractivity contribution in [2.75, 3.05) is 19.8 Å². The van der Waals surface area contributed by atoms with E-state index in [4.69, 9.17) is 14.6 Å². The van der Waals surface area contributed by atoms with E-state index in [1.54, 1.807) is 13.0 Å². The third-order valence-electron chi connectivity index (χ3n) is 3.70. The predicted octanol–water partition coefficient (Wildman–Crippen LogP) is 2.70. The van der Waals surface area contributed by atoms with Gasteiger partial charge in [-0.25, -0.2) is 0 Å². The van der Waals surface area contributed by atoms with Crippen molar-refractivity contribution in [2.24, 2.45) is 5.41 Å². The maximum Gasteiger partial charge on any atom is 0.314 e. The molecule has 0 aliphatic rings. The monoisotopic (exact) mass is 272 g/mol. The molecule has 0 aromatic carbocycles. The van der Waals surface area contributed by atoms with E-state index in [-0.39, 0.29) is 12.6 Å². The van der Waals surface area contributed by atoms with Gasteiger partial charge in [0.05, 0.1) is 24.2 Å². The fourth-order valence-electron chi connectivity index (χ4n) is 1.96. The molecule has 0 amide bonds. The second-order valence-electron chi connectivity index (χ2n) is 5.34. The molecule has 19 heavy (non-hydrogen) atoms. The molecule has 112 valence electrons. The third-order valence-corrected chi connectivity index (χ3v) is 3.70. The molecule has 0 aromatic rings. The molecule has 0 heterocycles. The summed E-state index contributed by atoms with van der Waals surface area (Å²) in [5.41, 5.74) is -1.38. The summed E-state index contributed by atoms with van der Waals surface area (Å²) in [6, 6.07) is 0. The Morgan fingerprint density at radius 1 is 1.32 bits per heavy atom. The molecule has 4 nitrogen and oxygen atoms in total. The Labute approximate surface area is 116 Å². The van der Waals surface area contributed by atoms with Crippen LogP contribution in [0.4, 0.5) is 0 Å². The third kappa shape index (κ3) is 4.96. The number of aliphatic hydroxyl groups is 1. The summed E-state index contributed by atoms with van der Waals surface area (Å²) in [4.78, 5) is 12.3. The van der Waals surface area contributed by atoms with E-state index in [1.165, 1.54) is 0 Å². The Morgan fingerprint density at radius 2 is 1.95 bits per heavy atom. The molecule has 1 N–H and O–H groups in total. The molecule has 1 unspecified atom stereocenters. The highest BCUT2D eigenvalue weighted by Gasteiger charge is 2.48. The van der Waals surface area contributed by atoms with Gasteiger partial charge in [-0.3, -0.25) is 4.79 Å². The van der Waals surface area contributed by atoms with E-state index in [9.17, 15) is 4.79 Å². The second-order valence-corrected chi connectivity index (χ2v) is 5.34. The van der Waals surface area contributed by atoms with Crippen LogP contribution < -0.4 is 0 Å². The minimum Gasteiger partial charge on any atom is -0.465 e. The van der Waals surface area contributed by atoms with Gasteiger partial charge in [0, 0.05) is 6.61 Å². The van der Waals surface area contributed by atoms with Crippen LogP contribution in [0, 0.1) is 5.41 Å². The van der Waals surface area contributed by atoms with Crippen LogP contribution in [-0.2, 0) is 14.3 Å². The van der Waals surface area contributed by atoms with Crippen molar-refractivity contribution < 1.29 is 19.4 Å². The number of esters is 1. The average Bonchev–Trinajstić information content (AvgIpc) is 2.36. The number of carbonyl (C=O) groups excluding carboxylic acids is 1. The summed E-state index contributed by atoms with van der Waals surface area (Å²) in [5.74, 6) is -0.248. The van der Waals surface area contributed by atoms with Crippen molar-refractivity contribution in [1.82, 2.24) is 0 Å². The lowest BCUT2D eigenvalue weighted by Gasteiger charge is -2.41. The van der Waals surface area contributed by atoms with Gasteiger partial charge in [-0.2, -0.15) is 0 Å². The zero-order chi connectivity index (χ0) is 14.9. The number of hydrogen-bond donors (Lipinski definition) is 1. The van der Waals surface area contributed by atoms with Crippen LogP contribution in [0.1, 0.15) is 47.0 Å². The fraction of sp³-hybridized carbons (Fsp3) is 0.800. The smallest absolute Gasteiger partial charge is 0.314 e. The summed E-state index contributed by atoms with van der Waals surface area (Å²) < 4.78 is 11.0. The lowest BCUT2D eigenvalue weighted by atomic mass is 9.71. The highest BCUT2D eigenvalue weighted by molar-refractivity contribution is 5.77. The first-order valence-corrected chi connectivity index (χ1v) is 6.88. The van der Waals surface area contributed by atoms with Crippen molar-refractivity contribution in [3.8, 4) is 0 Å². The Bertz CT molecular complexity index is 286. The molecule has 0 aliphatic carbocycles. The van der Waals surface area contributed by atoms with Crippen LogP contribution in [-0.4, -0.2) is 36.5 Å². The molecule has 0 aliphatic heterocycles. The van der Waals surface area contributed by atoms with Gasteiger partial charge in [0.15, 0.2) is 0 Å². The first kappa shape index (κ1) is 18.1. The molecular weight excluding hydrogens is 244 g/mol. The second kappa shape index (κ2) is 8.33. The molecule has 0 saturated carbocycles. The molecule has 0 rings (SSSR count). The molecule has 0 saturated heterocycles. The molecule has 4 heteroatoms. The summed E-state index contributed by atoms with van der Waals surface area (Å²) >= 11 is 0. The lowest BCUT2D eigenvalue weighted by Crippen LogP contribution is -2.50. The van der Waals surface area contributed by atoms with Crippen LogP contribution in [0.3, 0.4) is 0 Å². The minimum atomic E-state index is -0.735. The topological polar surface area (TPSA) is 55.8 Å². The van der Waals surface area contributed by atoms with Crippen LogP contribution in [0.15, 0.2) is 12.7 Å². The maximum atomic E-state index is 12.3. The SMILES string of the molecule is C=CCOC(C)(C)C(C)(CCCCO)C(=O)OCC. The van der Waals surface area contributed by atoms with Gasteiger partial charge in [-0.1, -0.05) is 6.08 Å².